The molecule has 4 nitrogen and oxygen atoms in total. The number of nitrogens with zero attached hydrogens (tertiary/aromatic N) is 1. The van der Waals surface area contributed by atoms with E-state index in [1.54, 1.807) is 6.20 Å². The molecule has 0 radical (unpaired) electrons. The van der Waals surface area contributed by atoms with Crippen LogP contribution in [0.1, 0.15) is 68.8 Å². The number of nitrogens with one attached hydrogen (secondary N) is 1. The number of allylic oxidation sites excluding steroid dienone is 1. The predicted molar refractivity (Wildman–Crippen MR) is 126 cm³/mol. The molecule has 2 aromatic carbocycles. The summed E-state index contributed by atoms with van der Waals surface area (Å²) in [4.78, 5) is 17.0. The summed E-state index contributed by atoms with van der Waals surface area (Å²) < 4.78 is 0. The molecule has 158 valence electrons. The average Bonchev–Trinajstić information content (AvgIpc) is 3.04. The van der Waals surface area contributed by atoms with E-state index in [-0.39, 0.29) is 5.91 Å². The number of nitrogens with two attached hydrogens (primary N) is 1. The van der Waals surface area contributed by atoms with Crippen LogP contribution in [-0.4, -0.2) is 18.2 Å². The number of carbonyl (C=O) groups excluding carboxylic acids is 1. The standard InChI is InChI=1S/C26H33N3O/c1-26(2,3)14-17-7-10-20(11-8-17)28-16-18(15-27)13-19-9-12-23-24-21(19)5-4-6-22(24)25(30)29-23/h4-6,9,12,15-17,20H,7-8,10-11,13-14,27H2,1-3H3,(H,29,30)/b18-15-,28-16?. The molecule has 0 bridgehead atoms. The van der Waals surface area contributed by atoms with Gasteiger partial charge in [-0.2, -0.15) is 0 Å². The summed E-state index contributed by atoms with van der Waals surface area (Å²) in [5.74, 6) is 0.816. The highest BCUT2D eigenvalue weighted by Gasteiger charge is 2.25. The fourth-order valence-corrected chi connectivity index (χ4v) is 5.04. The Kier molecular flexibility index (Phi) is 5.68. The molecule has 1 aliphatic heterocycles. The topological polar surface area (TPSA) is 67.5 Å². The van der Waals surface area contributed by atoms with Crippen molar-refractivity contribution in [3.05, 3.63) is 53.2 Å². The van der Waals surface area contributed by atoms with Crippen LogP contribution < -0.4 is 11.1 Å². The van der Waals surface area contributed by atoms with Crippen LogP contribution in [0.4, 0.5) is 5.69 Å². The average molecular weight is 404 g/mol. The van der Waals surface area contributed by atoms with Crippen molar-refractivity contribution in [2.75, 3.05) is 5.32 Å². The highest BCUT2D eigenvalue weighted by molar-refractivity contribution is 6.24. The number of hydrogen-bond donors (Lipinski definition) is 2. The third-order valence-corrected chi connectivity index (χ3v) is 6.40. The molecule has 0 spiro atoms. The number of benzene rings is 2. The second-order valence-electron chi connectivity index (χ2n) is 10.1. The largest absolute Gasteiger partial charge is 0.404 e. The van der Waals surface area contributed by atoms with Crippen LogP contribution in [0.2, 0.25) is 0 Å². The van der Waals surface area contributed by atoms with Crippen molar-refractivity contribution in [2.45, 2.75) is 65.3 Å². The molecular weight excluding hydrogens is 370 g/mol. The predicted octanol–water partition coefficient (Wildman–Crippen LogP) is 5.86. The summed E-state index contributed by atoms with van der Waals surface area (Å²) in [5, 5.41) is 5.08. The zero-order valence-corrected chi connectivity index (χ0v) is 18.4. The number of hydrogen-bond acceptors (Lipinski definition) is 3. The minimum absolute atomic E-state index is 0.0223. The van der Waals surface area contributed by atoms with Gasteiger partial charge in [0, 0.05) is 35.3 Å². The molecule has 30 heavy (non-hydrogen) atoms. The Hall–Kier alpha value is -2.62. The van der Waals surface area contributed by atoms with E-state index in [9.17, 15) is 4.79 Å². The summed E-state index contributed by atoms with van der Waals surface area (Å²) in [7, 11) is 0. The molecule has 0 unspecified atom stereocenters. The second-order valence-corrected chi connectivity index (χ2v) is 10.1. The van der Waals surface area contributed by atoms with Gasteiger partial charge in [0.15, 0.2) is 0 Å². The van der Waals surface area contributed by atoms with E-state index in [0.29, 0.717) is 17.9 Å². The molecule has 0 saturated heterocycles. The molecule has 3 N–H and O–H groups in total. The van der Waals surface area contributed by atoms with Crippen molar-refractivity contribution >= 4 is 28.6 Å². The Balaban J connectivity index is 1.43. The van der Waals surface area contributed by atoms with Crippen LogP contribution in [0.3, 0.4) is 0 Å². The van der Waals surface area contributed by atoms with Crippen LogP contribution in [0.25, 0.3) is 10.8 Å². The molecule has 2 aromatic rings. The maximum Gasteiger partial charge on any atom is 0.256 e. The van der Waals surface area contributed by atoms with Crippen molar-refractivity contribution in [3.8, 4) is 0 Å². The molecule has 2 aliphatic rings. The summed E-state index contributed by atoms with van der Waals surface area (Å²) in [6.07, 6.45) is 10.6. The molecule has 4 rings (SSSR count). The van der Waals surface area contributed by atoms with Gasteiger partial charge in [-0.15, -0.1) is 0 Å². The number of amides is 1. The van der Waals surface area contributed by atoms with Gasteiger partial charge in [0.1, 0.15) is 0 Å². The van der Waals surface area contributed by atoms with Gasteiger partial charge in [0.25, 0.3) is 5.91 Å². The maximum atomic E-state index is 12.1. The van der Waals surface area contributed by atoms with Crippen molar-refractivity contribution in [1.29, 1.82) is 0 Å². The van der Waals surface area contributed by atoms with Gasteiger partial charge < -0.3 is 11.1 Å². The number of anilines is 1. The molecular formula is C26H33N3O. The molecule has 4 heteroatoms. The quantitative estimate of drug-likeness (QED) is 0.614. The highest BCUT2D eigenvalue weighted by Crippen LogP contribution is 2.36. The minimum atomic E-state index is -0.0223. The lowest BCUT2D eigenvalue weighted by Gasteiger charge is -2.31. The summed E-state index contributed by atoms with van der Waals surface area (Å²) in [6, 6.07) is 10.4. The number of carbonyl (C=O) groups is 1. The van der Waals surface area contributed by atoms with E-state index in [0.717, 1.165) is 33.5 Å². The van der Waals surface area contributed by atoms with Crippen LogP contribution in [0.15, 0.2) is 47.1 Å². The zero-order valence-electron chi connectivity index (χ0n) is 18.4. The maximum absolute atomic E-state index is 12.1. The SMILES string of the molecule is CC(C)(C)CC1CCC(N=C/C(=C\N)Cc2ccc3c4c(cccc24)C(=O)N3)CC1. The summed E-state index contributed by atoms with van der Waals surface area (Å²) >= 11 is 0. The van der Waals surface area contributed by atoms with Gasteiger partial charge in [-0.05, 0) is 78.3 Å². The number of rotatable bonds is 5. The Labute approximate surface area is 179 Å². The van der Waals surface area contributed by atoms with Crippen molar-refractivity contribution in [1.82, 2.24) is 0 Å². The second kappa shape index (κ2) is 8.25. The van der Waals surface area contributed by atoms with E-state index in [2.05, 4.69) is 38.2 Å². The van der Waals surface area contributed by atoms with Crippen LogP contribution in [0, 0.1) is 11.3 Å². The Morgan fingerprint density at radius 2 is 1.93 bits per heavy atom. The Morgan fingerprint density at radius 1 is 1.17 bits per heavy atom. The van der Waals surface area contributed by atoms with Crippen LogP contribution in [-0.2, 0) is 6.42 Å². The van der Waals surface area contributed by atoms with E-state index < -0.39 is 0 Å². The van der Waals surface area contributed by atoms with Gasteiger partial charge >= 0.3 is 0 Å². The lowest BCUT2D eigenvalue weighted by Crippen LogP contribution is -2.21. The van der Waals surface area contributed by atoms with Gasteiger partial charge in [0.2, 0.25) is 0 Å². The fourth-order valence-electron chi connectivity index (χ4n) is 5.04. The van der Waals surface area contributed by atoms with Crippen molar-refractivity contribution in [2.24, 2.45) is 22.1 Å². The van der Waals surface area contributed by atoms with Crippen LogP contribution >= 0.6 is 0 Å². The monoisotopic (exact) mass is 403 g/mol. The molecule has 1 saturated carbocycles. The first kappa shape index (κ1) is 20.6. The fraction of sp³-hybridized carbons (Fsp3) is 0.462. The summed E-state index contributed by atoms with van der Waals surface area (Å²) in [6.45, 7) is 7.01. The van der Waals surface area contributed by atoms with Gasteiger partial charge in [-0.25, -0.2) is 0 Å². The molecule has 1 aliphatic carbocycles. The number of aliphatic imine (C=N–C) groups is 1. The highest BCUT2D eigenvalue weighted by atomic mass is 16.1. The zero-order chi connectivity index (χ0) is 21.3. The van der Waals surface area contributed by atoms with Crippen molar-refractivity contribution < 1.29 is 4.79 Å². The van der Waals surface area contributed by atoms with Gasteiger partial charge in [0.05, 0.1) is 0 Å². The van der Waals surface area contributed by atoms with Crippen LogP contribution in [0.5, 0.6) is 0 Å². The first-order chi connectivity index (χ1) is 14.3. The van der Waals surface area contributed by atoms with E-state index in [1.807, 2.05) is 24.4 Å². The Morgan fingerprint density at radius 3 is 2.63 bits per heavy atom. The lowest BCUT2D eigenvalue weighted by atomic mass is 9.76. The smallest absolute Gasteiger partial charge is 0.256 e. The van der Waals surface area contributed by atoms with Gasteiger partial charge in [-0.3, -0.25) is 9.79 Å². The summed E-state index contributed by atoms with van der Waals surface area (Å²) in [5.41, 5.74) is 10.2. The van der Waals surface area contributed by atoms with E-state index in [1.165, 1.54) is 37.7 Å². The van der Waals surface area contributed by atoms with Gasteiger partial charge in [-0.1, -0.05) is 39.0 Å². The molecule has 1 fully saturated rings. The van der Waals surface area contributed by atoms with E-state index >= 15 is 0 Å². The minimum Gasteiger partial charge on any atom is -0.404 e. The molecule has 0 atom stereocenters. The third kappa shape index (κ3) is 4.43. The molecule has 1 heterocycles. The molecule has 1 amide bonds. The first-order valence-electron chi connectivity index (χ1n) is 11.1. The molecule has 0 aromatic heterocycles. The third-order valence-electron chi connectivity index (χ3n) is 6.40. The first-order valence-corrected chi connectivity index (χ1v) is 11.1. The lowest BCUT2D eigenvalue weighted by molar-refractivity contribution is 0.103. The van der Waals surface area contributed by atoms with Crippen molar-refractivity contribution in [3.63, 3.8) is 0 Å². The normalized spacial score (nSPS) is 22.1. The van der Waals surface area contributed by atoms with E-state index in [4.69, 9.17) is 10.7 Å². The Bertz CT molecular complexity index is 1000.